The van der Waals surface area contributed by atoms with Crippen LogP contribution in [0.3, 0.4) is 0 Å². The van der Waals surface area contributed by atoms with E-state index >= 15 is 0 Å². The number of hydrogen-bond acceptors (Lipinski definition) is 5. The lowest BCUT2D eigenvalue weighted by Gasteiger charge is -2.23. The molecule has 0 bridgehead atoms. The first-order valence-corrected chi connectivity index (χ1v) is 8.42. The summed E-state index contributed by atoms with van der Waals surface area (Å²) < 4.78 is 11.9. The zero-order valence-corrected chi connectivity index (χ0v) is 15.3. The van der Waals surface area contributed by atoms with Crippen LogP contribution in [0.5, 0.6) is 0 Å². The number of esters is 2. The highest BCUT2D eigenvalue weighted by molar-refractivity contribution is 9.10. The third-order valence-electron chi connectivity index (χ3n) is 4.50. The molecule has 0 atom stereocenters. The molecular weight excluding hydrogens is 390 g/mol. The van der Waals surface area contributed by atoms with Crippen LogP contribution in [0.4, 0.5) is 0 Å². The van der Waals surface area contributed by atoms with Gasteiger partial charge in [-0.2, -0.15) is 0 Å². The number of ether oxygens (including phenoxy) is 2. The van der Waals surface area contributed by atoms with Crippen LogP contribution in [0.15, 0.2) is 40.9 Å². The quantitative estimate of drug-likeness (QED) is 0.443. The molecule has 0 saturated heterocycles. The number of nitrogens with zero attached hydrogens (tertiary/aromatic N) is 1. The molecule has 0 radical (unpaired) electrons. The normalized spacial score (nSPS) is 14.7. The SMILES string of the molecule is COC(=O)C1(C(=O)OC)CCn2c(C(=O)c3ccccc3)cc(Br)c21. The van der Waals surface area contributed by atoms with Crippen LogP contribution in [0, 0.1) is 0 Å². The van der Waals surface area contributed by atoms with Crippen LogP contribution in [-0.2, 0) is 31.0 Å². The number of methoxy groups -OCH3 is 2. The summed E-state index contributed by atoms with van der Waals surface area (Å²) in [5, 5.41) is 0. The molecular formula is C18H16BrNO5. The Hall–Kier alpha value is -2.41. The smallest absolute Gasteiger partial charge is 0.329 e. The summed E-state index contributed by atoms with van der Waals surface area (Å²) in [6.45, 7) is 0.332. The van der Waals surface area contributed by atoms with E-state index in [2.05, 4.69) is 15.9 Å². The average Bonchev–Trinajstić information content (AvgIpc) is 3.20. The minimum Gasteiger partial charge on any atom is -0.468 e. The standard InChI is InChI=1S/C18H16BrNO5/c1-24-16(22)18(17(23)25-2)8-9-20-13(10-12(19)15(18)20)14(21)11-6-4-3-5-7-11/h3-7,10H,8-9H2,1-2H3. The second-order valence-electron chi connectivity index (χ2n) is 5.71. The Morgan fingerprint density at radius 3 is 2.24 bits per heavy atom. The molecule has 0 spiro atoms. The maximum Gasteiger partial charge on any atom is 0.329 e. The lowest BCUT2D eigenvalue weighted by molar-refractivity contribution is -0.162. The van der Waals surface area contributed by atoms with Gasteiger partial charge in [0.1, 0.15) is 0 Å². The zero-order valence-electron chi connectivity index (χ0n) is 13.7. The van der Waals surface area contributed by atoms with Crippen LogP contribution in [-0.4, -0.2) is 36.5 Å². The van der Waals surface area contributed by atoms with E-state index in [-0.39, 0.29) is 12.2 Å². The van der Waals surface area contributed by atoms with Gasteiger partial charge >= 0.3 is 11.9 Å². The first kappa shape index (κ1) is 17.4. The van der Waals surface area contributed by atoms with Gasteiger partial charge in [-0.3, -0.25) is 14.4 Å². The predicted octanol–water partition coefficient (Wildman–Crippen LogP) is 2.47. The molecule has 7 heteroatoms. The molecule has 6 nitrogen and oxygen atoms in total. The van der Waals surface area contributed by atoms with Crippen molar-refractivity contribution in [1.82, 2.24) is 4.57 Å². The van der Waals surface area contributed by atoms with Gasteiger partial charge in [0.05, 0.1) is 25.6 Å². The summed E-state index contributed by atoms with van der Waals surface area (Å²) in [6.07, 6.45) is 0.177. The fraction of sp³-hybridized carbons (Fsp3) is 0.278. The van der Waals surface area contributed by atoms with Crippen molar-refractivity contribution in [2.24, 2.45) is 0 Å². The van der Waals surface area contributed by atoms with Gasteiger partial charge in [-0.1, -0.05) is 30.3 Å². The lowest BCUT2D eigenvalue weighted by Crippen LogP contribution is -2.44. The van der Waals surface area contributed by atoms with Crippen LogP contribution >= 0.6 is 15.9 Å². The number of carbonyl (C=O) groups excluding carboxylic acids is 3. The number of benzene rings is 1. The number of aromatic nitrogens is 1. The summed E-state index contributed by atoms with van der Waals surface area (Å²) in [5.74, 6) is -1.58. The third-order valence-corrected chi connectivity index (χ3v) is 5.11. The number of hydrogen-bond donors (Lipinski definition) is 0. The van der Waals surface area contributed by atoms with Gasteiger partial charge in [0.2, 0.25) is 11.2 Å². The van der Waals surface area contributed by atoms with Crippen LogP contribution < -0.4 is 0 Å². The summed E-state index contributed by atoms with van der Waals surface area (Å²) in [6, 6.07) is 10.5. The third kappa shape index (κ3) is 2.50. The first-order valence-electron chi connectivity index (χ1n) is 7.63. The van der Waals surface area contributed by atoms with Gasteiger partial charge in [0.15, 0.2) is 0 Å². The molecule has 0 saturated carbocycles. The van der Waals surface area contributed by atoms with Crippen molar-refractivity contribution < 1.29 is 23.9 Å². The Morgan fingerprint density at radius 2 is 1.68 bits per heavy atom. The average molecular weight is 406 g/mol. The molecule has 1 aliphatic rings. The minimum atomic E-state index is -1.57. The molecule has 0 N–H and O–H groups in total. The molecule has 0 fully saturated rings. The highest BCUT2D eigenvalue weighted by Crippen LogP contribution is 2.43. The Morgan fingerprint density at radius 1 is 1.08 bits per heavy atom. The first-order chi connectivity index (χ1) is 12.0. The number of halogens is 1. The molecule has 0 unspecified atom stereocenters. The monoisotopic (exact) mass is 405 g/mol. The second-order valence-corrected chi connectivity index (χ2v) is 6.57. The largest absolute Gasteiger partial charge is 0.468 e. The van der Waals surface area contributed by atoms with Crippen molar-refractivity contribution in [1.29, 1.82) is 0 Å². The van der Waals surface area contributed by atoms with Crippen LogP contribution in [0.1, 0.15) is 28.2 Å². The van der Waals surface area contributed by atoms with E-state index in [1.54, 1.807) is 34.9 Å². The Kier molecular flexibility index (Phi) is 4.51. The molecule has 1 aliphatic heterocycles. The van der Waals surface area contributed by atoms with E-state index in [0.717, 1.165) is 0 Å². The minimum absolute atomic E-state index is 0.177. The maximum atomic E-state index is 12.8. The number of fused-ring (bicyclic) bond motifs is 1. The van der Waals surface area contributed by atoms with E-state index < -0.39 is 17.4 Å². The van der Waals surface area contributed by atoms with Crippen molar-refractivity contribution >= 4 is 33.7 Å². The van der Waals surface area contributed by atoms with Gasteiger partial charge in [0.25, 0.3) is 0 Å². The van der Waals surface area contributed by atoms with Gasteiger partial charge < -0.3 is 14.0 Å². The van der Waals surface area contributed by atoms with Gasteiger partial charge in [-0.15, -0.1) is 0 Å². The van der Waals surface area contributed by atoms with Crippen molar-refractivity contribution in [2.45, 2.75) is 18.4 Å². The van der Waals surface area contributed by atoms with E-state index in [9.17, 15) is 14.4 Å². The molecule has 1 aromatic heterocycles. The van der Waals surface area contributed by atoms with Gasteiger partial charge in [-0.25, -0.2) is 0 Å². The predicted molar refractivity (Wildman–Crippen MR) is 92.3 cm³/mol. The molecule has 130 valence electrons. The second kappa shape index (κ2) is 6.48. The van der Waals surface area contributed by atoms with E-state index in [1.807, 2.05) is 6.07 Å². The summed E-state index contributed by atoms with van der Waals surface area (Å²) in [5.41, 5.74) is -0.241. The molecule has 25 heavy (non-hydrogen) atoms. The molecule has 2 heterocycles. The molecule has 2 aromatic rings. The summed E-state index contributed by atoms with van der Waals surface area (Å²) in [4.78, 5) is 37.8. The topological polar surface area (TPSA) is 74.6 Å². The van der Waals surface area contributed by atoms with Crippen LogP contribution in [0.2, 0.25) is 0 Å². The fourth-order valence-corrected chi connectivity index (χ4v) is 4.10. The Bertz CT molecular complexity index is 840. The fourth-order valence-electron chi connectivity index (χ4n) is 3.33. The highest BCUT2D eigenvalue weighted by atomic mass is 79.9. The Balaban J connectivity index is 2.16. The number of ketones is 1. The molecule has 1 aromatic carbocycles. The van der Waals surface area contributed by atoms with Crippen molar-refractivity contribution in [3.8, 4) is 0 Å². The molecule has 0 aliphatic carbocycles. The lowest BCUT2D eigenvalue weighted by atomic mass is 9.83. The highest BCUT2D eigenvalue weighted by Gasteiger charge is 2.56. The van der Waals surface area contributed by atoms with E-state index in [0.29, 0.717) is 28.0 Å². The van der Waals surface area contributed by atoms with Crippen molar-refractivity contribution in [2.75, 3.05) is 14.2 Å². The van der Waals surface area contributed by atoms with Crippen LogP contribution in [0.25, 0.3) is 0 Å². The van der Waals surface area contributed by atoms with E-state index in [1.165, 1.54) is 14.2 Å². The zero-order chi connectivity index (χ0) is 18.2. The summed E-state index contributed by atoms with van der Waals surface area (Å²) in [7, 11) is 2.45. The number of rotatable bonds is 4. The van der Waals surface area contributed by atoms with Crippen molar-refractivity contribution in [3.05, 3.63) is 57.8 Å². The Labute approximate surface area is 152 Å². The maximum absolute atomic E-state index is 12.8. The van der Waals surface area contributed by atoms with Gasteiger partial charge in [0, 0.05) is 16.6 Å². The van der Waals surface area contributed by atoms with Gasteiger partial charge in [-0.05, 0) is 28.4 Å². The molecule has 3 rings (SSSR count). The number of carbonyl (C=O) groups is 3. The van der Waals surface area contributed by atoms with Crippen molar-refractivity contribution in [3.63, 3.8) is 0 Å². The molecule has 0 amide bonds. The summed E-state index contributed by atoms with van der Waals surface area (Å²) >= 11 is 3.39. The van der Waals surface area contributed by atoms with E-state index in [4.69, 9.17) is 9.47 Å².